The van der Waals surface area contributed by atoms with Gasteiger partial charge in [-0.25, -0.2) is 0 Å². The Morgan fingerprint density at radius 2 is 2.22 bits per heavy atom. The molecule has 0 aliphatic heterocycles. The smallest absolute Gasteiger partial charge is 0.160 e. The molecular weight excluding hydrogens is 294 g/mol. The second-order valence-corrected chi connectivity index (χ2v) is 5.49. The van der Waals surface area contributed by atoms with Crippen molar-refractivity contribution in [2.24, 2.45) is 0 Å². The van der Waals surface area contributed by atoms with Crippen molar-refractivity contribution in [1.29, 1.82) is 0 Å². The van der Waals surface area contributed by atoms with Gasteiger partial charge >= 0.3 is 0 Å². The van der Waals surface area contributed by atoms with Crippen molar-refractivity contribution in [1.82, 2.24) is 0 Å². The van der Waals surface area contributed by atoms with E-state index < -0.39 is 0 Å². The molecule has 0 aromatic heterocycles. The summed E-state index contributed by atoms with van der Waals surface area (Å²) in [6.07, 6.45) is 2.49. The molecular formula is C14H18BrNO2. The van der Waals surface area contributed by atoms with Gasteiger partial charge in [0.05, 0.1) is 6.61 Å². The molecule has 0 N–H and O–H groups in total. The quantitative estimate of drug-likeness (QED) is 0.755. The predicted octanol–water partition coefficient (Wildman–Crippen LogP) is 3.27. The third-order valence-corrected chi connectivity index (χ3v) is 3.84. The van der Waals surface area contributed by atoms with Crippen LogP contribution in [-0.2, 0) is 4.74 Å². The predicted molar refractivity (Wildman–Crippen MR) is 76.4 cm³/mol. The van der Waals surface area contributed by atoms with Crippen LogP contribution in [0.2, 0.25) is 0 Å². The zero-order valence-corrected chi connectivity index (χ0v) is 12.4. The maximum atomic E-state index is 11.4. The fourth-order valence-electron chi connectivity index (χ4n) is 2.07. The number of nitrogens with zero attached hydrogens (tertiary/aromatic N) is 1. The topological polar surface area (TPSA) is 29.5 Å². The first-order valence-corrected chi connectivity index (χ1v) is 6.99. The van der Waals surface area contributed by atoms with Crippen LogP contribution in [0.25, 0.3) is 0 Å². The van der Waals surface area contributed by atoms with Gasteiger partial charge in [-0.1, -0.05) is 0 Å². The first-order valence-electron chi connectivity index (χ1n) is 6.19. The van der Waals surface area contributed by atoms with E-state index in [1.807, 2.05) is 18.2 Å². The van der Waals surface area contributed by atoms with Gasteiger partial charge in [0.25, 0.3) is 0 Å². The molecule has 1 aliphatic carbocycles. The molecule has 1 aromatic carbocycles. The summed E-state index contributed by atoms with van der Waals surface area (Å²) in [4.78, 5) is 13.8. The average molecular weight is 312 g/mol. The molecule has 3 nitrogen and oxygen atoms in total. The number of rotatable bonds is 6. The SMILES string of the molecule is COCCN(c1ccc(C(C)=O)c(Br)c1)C1CC1. The highest BCUT2D eigenvalue weighted by atomic mass is 79.9. The second kappa shape index (κ2) is 5.85. The molecule has 4 heteroatoms. The van der Waals surface area contributed by atoms with E-state index in [0.29, 0.717) is 6.04 Å². The van der Waals surface area contributed by atoms with Gasteiger partial charge in [0.15, 0.2) is 5.78 Å². The Kier molecular flexibility index (Phi) is 4.40. The Balaban J connectivity index is 2.19. The number of ether oxygens (including phenoxy) is 1. The molecule has 0 radical (unpaired) electrons. The summed E-state index contributed by atoms with van der Waals surface area (Å²) >= 11 is 3.47. The van der Waals surface area contributed by atoms with Gasteiger partial charge in [0.1, 0.15) is 0 Å². The largest absolute Gasteiger partial charge is 0.383 e. The van der Waals surface area contributed by atoms with Crippen molar-refractivity contribution in [3.05, 3.63) is 28.2 Å². The number of hydrogen-bond donors (Lipinski definition) is 0. The van der Waals surface area contributed by atoms with Gasteiger partial charge in [-0.3, -0.25) is 4.79 Å². The number of benzene rings is 1. The van der Waals surface area contributed by atoms with Crippen LogP contribution in [0.4, 0.5) is 5.69 Å². The Labute approximate surface area is 116 Å². The van der Waals surface area contributed by atoms with Crippen LogP contribution in [-0.4, -0.2) is 32.1 Å². The van der Waals surface area contributed by atoms with Crippen molar-refractivity contribution >= 4 is 27.4 Å². The Morgan fingerprint density at radius 3 is 2.72 bits per heavy atom. The van der Waals surface area contributed by atoms with E-state index in [1.54, 1.807) is 14.0 Å². The fourth-order valence-corrected chi connectivity index (χ4v) is 2.71. The molecule has 0 heterocycles. The lowest BCUT2D eigenvalue weighted by molar-refractivity contribution is 0.101. The van der Waals surface area contributed by atoms with Crippen LogP contribution in [0.5, 0.6) is 0 Å². The van der Waals surface area contributed by atoms with E-state index >= 15 is 0 Å². The second-order valence-electron chi connectivity index (χ2n) is 4.64. The van der Waals surface area contributed by atoms with Gasteiger partial charge in [-0.15, -0.1) is 0 Å². The number of anilines is 1. The zero-order chi connectivity index (χ0) is 13.1. The number of methoxy groups -OCH3 is 1. The molecule has 2 rings (SSSR count). The van der Waals surface area contributed by atoms with Gasteiger partial charge in [0.2, 0.25) is 0 Å². The van der Waals surface area contributed by atoms with Gasteiger partial charge in [0, 0.05) is 35.4 Å². The number of ketones is 1. The molecule has 1 aromatic rings. The summed E-state index contributed by atoms with van der Waals surface area (Å²) < 4.78 is 6.03. The van der Waals surface area contributed by atoms with Crippen LogP contribution in [0, 0.1) is 0 Å². The summed E-state index contributed by atoms with van der Waals surface area (Å²) in [5.74, 6) is 0.0864. The lowest BCUT2D eigenvalue weighted by Gasteiger charge is -2.25. The highest BCUT2D eigenvalue weighted by Gasteiger charge is 2.29. The lowest BCUT2D eigenvalue weighted by Crippen LogP contribution is -2.29. The summed E-state index contributed by atoms with van der Waals surface area (Å²) in [6, 6.07) is 6.58. The molecule has 0 unspecified atom stereocenters. The Bertz CT molecular complexity index is 443. The average Bonchev–Trinajstić information content (AvgIpc) is 3.13. The van der Waals surface area contributed by atoms with Crippen molar-refractivity contribution in [3.63, 3.8) is 0 Å². The molecule has 0 spiro atoms. The van der Waals surface area contributed by atoms with Crippen LogP contribution < -0.4 is 4.90 Å². The van der Waals surface area contributed by atoms with Crippen molar-refractivity contribution in [2.45, 2.75) is 25.8 Å². The molecule has 0 bridgehead atoms. The van der Waals surface area contributed by atoms with Crippen LogP contribution >= 0.6 is 15.9 Å². The van der Waals surface area contributed by atoms with Crippen LogP contribution in [0.3, 0.4) is 0 Å². The maximum absolute atomic E-state index is 11.4. The minimum atomic E-state index is 0.0864. The molecule has 98 valence electrons. The molecule has 18 heavy (non-hydrogen) atoms. The number of halogens is 1. The van der Waals surface area contributed by atoms with E-state index in [-0.39, 0.29) is 5.78 Å². The molecule has 1 aliphatic rings. The number of carbonyl (C=O) groups excluding carboxylic acids is 1. The van der Waals surface area contributed by atoms with Crippen molar-refractivity contribution in [3.8, 4) is 0 Å². The van der Waals surface area contributed by atoms with Gasteiger partial charge < -0.3 is 9.64 Å². The first kappa shape index (κ1) is 13.6. The van der Waals surface area contributed by atoms with Crippen LogP contribution in [0.1, 0.15) is 30.1 Å². The standard InChI is InChI=1S/C14H18BrNO2/c1-10(17)13-6-5-12(9-14(13)15)16(7-8-18-2)11-3-4-11/h5-6,9,11H,3-4,7-8H2,1-2H3. The monoisotopic (exact) mass is 311 g/mol. The molecule has 1 fully saturated rings. The third kappa shape index (κ3) is 3.12. The van der Waals surface area contributed by atoms with E-state index in [1.165, 1.54) is 12.8 Å². The Morgan fingerprint density at radius 1 is 1.50 bits per heavy atom. The van der Waals surface area contributed by atoms with Crippen molar-refractivity contribution < 1.29 is 9.53 Å². The van der Waals surface area contributed by atoms with Crippen LogP contribution in [0.15, 0.2) is 22.7 Å². The minimum absolute atomic E-state index is 0.0864. The maximum Gasteiger partial charge on any atom is 0.160 e. The molecule has 0 amide bonds. The van der Waals surface area contributed by atoms with E-state index in [9.17, 15) is 4.79 Å². The van der Waals surface area contributed by atoms with Gasteiger partial charge in [-0.05, 0) is 53.9 Å². The zero-order valence-electron chi connectivity index (χ0n) is 10.8. The summed E-state index contributed by atoms with van der Waals surface area (Å²) in [5, 5.41) is 0. The first-order chi connectivity index (χ1) is 8.63. The van der Waals surface area contributed by atoms with Gasteiger partial charge in [-0.2, -0.15) is 0 Å². The molecule has 1 saturated carbocycles. The number of carbonyl (C=O) groups is 1. The summed E-state index contributed by atoms with van der Waals surface area (Å²) in [7, 11) is 1.72. The number of hydrogen-bond acceptors (Lipinski definition) is 3. The Hall–Kier alpha value is -0.870. The fraction of sp³-hybridized carbons (Fsp3) is 0.500. The van der Waals surface area contributed by atoms with E-state index in [2.05, 4.69) is 20.8 Å². The molecule has 0 saturated heterocycles. The summed E-state index contributed by atoms with van der Waals surface area (Å²) in [6.45, 7) is 3.21. The highest BCUT2D eigenvalue weighted by molar-refractivity contribution is 9.10. The lowest BCUT2D eigenvalue weighted by atomic mass is 10.1. The van der Waals surface area contributed by atoms with Crippen molar-refractivity contribution in [2.75, 3.05) is 25.2 Å². The minimum Gasteiger partial charge on any atom is -0.383 e. The normalized spacial score (nSPS) is 14.6. The summed E-state index contributed by atoms with van der Waals surface area (Å²) in [5.41, 5.74) is 1.90. The molecule has 0 atom stereocenters. The number of Topliss-reactive ketones (excluding diaryl/α,β-unsaturated/α-hetero) is 1. The van der Waals surface area contributed by atoms with E-state index in [0.717, 1.165) is 28.9 Å². The highest BCUT2D eigenvalue weighted by Crippen LogP contribution is 2.33. The third-order valence-electron chi connectivity index (χ3n) is 3.19. The van der Waals surface area contributed by atoms with E-state index in [4.69, 9.17) is 4.74 Å².